The van der Waals surface area contributed by atoms with Crippen molar-refractivity contribution < 1.29 is 56.1 Å². The van der Waals surface area contributed by atoms with E-state index in [4.69, 9.17) is 18.9 Å². The zero-order chi connectivity index (χ0) is 34.5. The standard InChI is InChI=1S/C29H45F3N2O9/c1-15-19(29(30,31)32)34(24(39)43-28(12,13)14)20(35)17(2)16-18(21(36)40-25(3,4)5)33(22(37)41-26(6,7)8)23(38)42-27(9,10)11/h15,18-19H,1-2,16H2,3-14H3/t18-,19+/m0/s1. The van der Waals surface area contributed by atoms with Crippen LogP contribution in [-0.2, 0) is 28.5 Å². The fraction of sp³-hybridized carbons (Fsp3) is 0.690. The van der Waals surface area contributed by atoms with Crippen molar-refractivity contribution in [1.82, 2.24) is 9.80 Å². The van der Waals surface area contributed by atoms with E-state index in [-0.39, 0.29) is 9.80 Å². The average molecular weight is 623 g/mol. The molecule has 0 unspecified atom stereocenters. The third-order valence-electron chi connectivity index (χ3n) is 4.56. The molecule has 0 aliphatic carbocycles. The molecule has 0 saturated carbocycles. The van der Waals surface area contributed by atoms with E-state index in [9.17, 15) is 37.1 Å². The van der Waals surface area contributed by atoms with Crippen LogP contribution in [0.2, 0.25) is 0 Å². The number of carbonyl (C=O) groups is 5. The second kappa shape index (κ2) is 13.8. The minimum atomic E-state index is -5.17. The van der Waals surface area contributed by atoms with Crippen LogP contribution in [0.5, 0.6) is 0 Å². The lowest BCUT2D eigenvalue weighted by molar-refractivity contribution is -0.174. The molecule has 0 aromatic carbocycles. The summed E-state index contributed by atoms with van der Waals surface area (Å²) in [6.07, 6.45) is -10.2. The summed E-state index contributed by atoms with van der Waals surface area (Å²) in [5, 5.41) is 0. The van der Waals surface area contributed by atoms with Crippen molar-refractivity contribution >= 4 is 30.2 Å². The highest BCUT2D eigenvalue weighted by Gasteiger charge is 2.49. The summed E-state index contributed by atoms with van der Waals surface area (Å²) in [6, 6.07) is -4.87. The van der Waals surface area contributed by atoms with E-state index in [1.807, 2.05) is 0 Å². The first-order valence-electron chi connectivity index (χ1n) is 13.3. The Morgan fingerprint density at radius 2 is 0.977 bits per heavy atom. The van der Waals surface area contributed by atoms with Gasteiger partial charge in [0.05, 0.1) is 0 Å². The Balaban J connectivity index is 7.04. The number of amides is 4. The van der Waals surface area contributed by atoms with Gasteiger partial charge in [0.25, 0.3) is 5.91 Å². The molecular weight excluding hydrogens is 577 g/mol. The van der Waals surface area contributed by atoms with Crippen molar-refractivity contribution in [2.24, 2.45) is 0 Å². The van der Waals surface area contributed by atoms with E-state index < -0.39 is 82.8 Å². The Labute approximate surface area is 251 Å². The fourth-order valence-corrected chi connectivity index (χ4v) is 3.11. The molecule has 0 fully saturated rings. The van der Waals surface area contributed by atoms with Crippen LogP contribution in [0.15, 0.2) is 24.8 Å². The lowest BCUT2D eigenvalue weighted by atomic mass is 10.0. The van der Waals surface area contributed by atoms with Gasteiger partial charge in [-0.2, -0.15) is 18.1 Å². The number of rotatable bonds is 7. The molecule has 14 heteroatoms. The summed E-state index contributed by atoms with van der Waals surface area (Å²) >= 11 is 0. The van der Waals surface area contributed by atoms with E-state index >= 15 is 0 Å². The third-order valence-corrected chi connectivity index (χ3v) is 4.56. The summed E-state index contributed by atoms with van der Waals surface area (Å²) in [5.41, 5.74) is -5.63. The lowest BCUT2D eigenvalue weighted by Crippen LogP contribution is -2.55. The maximum absolute atomic E-state index is 13.9. The monoisotopic (exact) mass is 622 g/mol. The summed E-state index contributed by atoms with van der Waals surface area (Å²) in [6.45, 7) is 24.0. The number of ether oxygens (including phenoxy) is 4. The Hall–Kier alpha value is -3.58. The van der Waals surface area contributed by atoms with E-state index in [1.165, 1.54) is 83.1 Å². The van der Waals surface area contributed by atoms with E-state index in [0.717, 1.165) is 0 Å². The molecule has 0 aromatic heterocycles. The molecule has 0 spiro atoms. The van der Waals surface area contributed by atoms with Gasteiger partial charge in [0, 0.05) is 12.0 Å². The van der Waals surface area contributed by atoms with Crippen molar-refractivity contribution in [3.05, 3.63) is 24.8 Å². The molecule has 0 heterocycles. The van der Waals surface area contributed by atoms with Crippen LogP contribution in [0, 0.1) is 0 Å². The van der Waals surface area contributed by atoms with E-state index in [1.54, 1.807) is 0 Å². The number of carbonyl (C=O) groups excluding carboxylic acids is 5. The molecule has 0 N–H and O–H groups in total. The van der Waals surface area contributed by atoms with E-state index in [0.29, 0.717) is 6.08 Å². The molecule has 11 nitrogen and oxygen atoms in total. The molecule has 0 aliphatic rings. The number of hydrogen-bond acceptors (Lipinski definition) is 9. The normalized spacial score (nSPS) is 14.0. The van der Waals surface area contributed by atoms with Gasteiger partial charge in [-0.15, -0.1) is 6.58 Å². The van der Waals surface area contributed by atoms with Gasteiger partial charge in [0.2, 0.25) is 0 Å². The second-order valence-corrected chi connectivity index (χ2v) is 13.6. The first kappa shape index (κ1) is 39.4. The summed E-state index contributed by atoms with van der Waals surface area (Å²) in [7, 11) is 0. The smallest absolute Gasteiger partial charge is 0.420 e. The predicted octanol–water partition coefficient (Wildman–Crippen LogP) is 6.70. The predicted molar refractivity (Wildman–Crippen MR) is 151 cm³/mol. The number of nitrogens with zero attached hydrogens (tertiary/aromatic N) is 2. The Kier molecular flexibility index (Phi) is 12.7. The minimum Gasteiger partial charge on any atom is -0.458 e. The zero-order valence-electron chi connectivity index (χ0n) is 27.1. The highest BCUT2D eigenvalue weighted by molar-refractivity contribution is 6.04. The van der Waals surface area contributed by atoms with Gasteiger partial charge in [-0.05, 0) is 83.1 Å². The van der Waals surface area contributed by atoms with Gasteiger partial charge >= 0.3 is 30.4 Å². The maximum Gasteiger partial charge on any atom is 0.420 e. The van der Waals surface area contributed by atoms with Gasteiger partial charge in [-0.25, -0.2) is 24.1 Å². The third kappa shape index (κ3) is 14.0. The molecule has 0 aliphatic heterocycles. The lowest BCUT2D eigenvalue weighted by Gasteiger charge is -2.35. The van der Waals surface area contributed by atoms with Gasteiger partial charge in [0.15, 0.2) is 6.04 Å². The van der Waals surface area contributed by atoms with Crippen molar-refractivity contribution in [3.8, 4) is 0 Å². The molecule has 0 bridgehead atoms. The molecule has 246 valence electrons. The highest BCUT2D eigenvalue weighted by atomic mass is 19.4. The topological polar surface area (TPSA) is 129 Å². The fourth-order valence-electron chi connectivity index (χ4n) is 3.11. The van der Waals surface area contributed by atoms with Gasteiger partial charge in [-0.1, -0.05) is 12.7 Å². The Bertz CT molecular complexity index is 1060. The molecular formula is C29H45F3N2O9. The molecule has 0 rings (SSSR count). The van der Waals surface area contributed by atoms with Crippen molar-refractivity contribution in [1.29, 1.82) is 0 Å². The van der Waals surface area contributed by atoms with Crippen LogP contribution < -0.4 is 0 Å². The Morgan fingerprint density at radius 3 is 1.26 bits per heavy atom. The molecule has 0 saturated heterocycles. The number of esters is 1. The van der Waals surface area contributed by atoms with E-state index in [2.05, 4.69) is 13.2 Å². The first-order valence-corrected chi connectivity index (χ1v) is 13.3. The SMILES string of the molecule is C=C[C@@H](N(C(=O)OC(C)(C)C)C(=O)C(=C)C[C@@H](C(=O)OC(C)(C)C)N(C(=O)OC(C)(C)C)C(=O)OC(C)(C)C)C(F)(F)F. The van der Waals surface area contributed by atoms with Crippen molar-refractivity contribution in [2.75, 3.05) is 0 Å². The summed E-state index contributed by atoms with van der Waals surface area (Å²) in [5.74, 6) is -2.85. The first-order chi connectivity index (χ1) is 18.9. The highest BCUT2D eigenvalue weighted by Crippen LogP contribution is 2.30. The van der Waals surface area contributed by atoms with Crippen molar-refractivity contribution in [3.63, 3.8) is 0 Å². The number of halogens is 3. The number of imide groups is 2. The number of hydrogen-bond donors (Lipinski definition) is 0. The molecule has 43 heavy (non-hydrogen) atoms. The second-order valence-electron chi connectivity index (χ2n) is 13.6. The quantitative estimate of drug-likeness (QED) is 0.132. The van der Waals surface area contributed by atoms with Crippen LogP contribution in [0.4, 0.5) is 27.6 Å². The van der Waals surface area contributed by atoms with Crippen LogP contribution in [0.25, 0.3) is 0 Å². The van der Waals surface area contributed by atoms with Gasteiger partial charge in [0.1, 0.15) is 28.4 Å². The van der Waals surface area contributed by atoms with Crippen molar-refractivity contribution in [2.45, 2.75) is 130 Å². The molecule has 4 amide bonds. The van der Waals surface area contributed by atoms with Crippen LogP contribution in [0.3, 0.4) is 0 Å². The van der Waals surface area contributed by atoms with Crippen LogP contribution in [0.1, 0.15) is 89.5 Å². The van der Waals surface area contributed by atoms with Crippen LogP contribution in [-0.4, -0.2) is 80.6 Å². The molecule has 0 aromatic rings. The summed E-state index contributed by atoms with van der Waals surface area (Å²) < 4.78 is 62.7. The van der Waals surface area contributed by atoms with Gasteiger partial charge < -0.3 is 18.9 Å². The molecule has 2 atom stereocenters. The van der Waals surface area contributed by atoms with Crippen LogP contribution >= 0.6 is 0 Å². The maximum atomic E-state index is 13.9. The summed E-state index contributed by atoms with van der Waals surface area (Å²) in [4.78, 5) is 66.3. The largest absolute Gasteiger partial charge is 0.458 e. The Morgan fingerprint density at radius 1 is 0.651 bits per heavy atom. The van der Waals surface area contributed by atoms with Gasteiger partial charge in [-0.3, -0.25) is 4.79 Å². The average Bonchev–Trinajstić information content (AvgIpc) is 2.70. The molecule has 0 radical (unpaired) electrons. The minimum absolute atomic E-state index is 0.252. The zero-order valence-corrected chi connectivity index (χ0v) is 27.1. The number of alkyl halides is 3.